The van der Waals surface area contributed by atoms with Gasteiger partial charge in [-0.05, 0) is 85.8 Å². The zero-order valence-corrected chi connectivity index (χ0v) is 14.3. The third-order valence-corrected chi connectivity index (χ3v) is 5.24. The molecular weight excluding hydrogens is 280 g/mol. The Morgan fingerprint density at radius 2 is 1.78 bits per heavy atom. The maximum Gasteiger partial charge on any atom is 0.119 e. The van der Waals surface area contributed by atoms with Crippen LogP contribution in [0.1, 0.15) is 56.9 Å². The molecule has 0 saturated heterocycles. The van der Waals surface area contributed by atoms with Gasteiger partial charge in [-0.3, -0.25) is 0 Å². The molecule has 122 valence electrons. The van der Waals surface area contributed by atoms with Gasteiger partial charge in [-0.25, -0.2) is 0 Å². The lowest BCUT2D eigenvalue weighted by Gasteiger charge is -2.28. The van der Waals surface area contributed by atoms with E-state index in [1.807, 2.05) is 6.92 Å². The minimum atomic E-state index is 0.721. The van der Waals surface area contributed by atoms with E-state index < -0.39 is 0 Å². The van der Waals surface area contributed by atoms with E-state index in [1.54, 1.807) is 0 Å². The van der Waals surface area contributed by atoms with Gasteiger partial charge in [-0.15, -0.1) is 6.58 Å². The van der Waals surface area contributed by atoms with Crippen LogP contribution in [0.5, 0.6) is 5.75 Å². The molecule has 0 heterocycles. The highest BCUT2D eigenvalue weighted by molar-refractivity contribution is 5.84. The standard InChI is InChI=1S/C22H28O/c1-3-5-6-17-7-9-18(10-8-17)19-11-12-21-16-22(23-4-2)14-13-20(21)15-19/h3,11-18H,1,4-10H2,2H3. The lowest BCUT2D eigenvalue weighted by Crippen LogP contribution is -2.13. The minimum absolute atomic E-state index is 0.721. The van der Waals surface area contributed by atoms with Crippen molar-refractivity contribution in [3.8, 4) is 5.75 Å². The predicted octanol–water partition coefficient (Wildman–Crippen LogP) is 6.48. The van der Waals surface area contributed by atoms with E-state index in [-0.39, 0.29) is 0 Å². The molecule has 1 nitrogen and oxygen atoms in total. The fourth-order valence-electron chi connectivity index (χ4n) is 3.89. The summed E-state index contributed by atoms with van der Waals surface area (Å²) in [6.45, 7) is 6.59. The largest absolute Gasteiger partial charge is 0.494 e. The van der Waals surface area contributed by atoms with E-state index in [0.29, 0.717) is 0 Å². The van der Waals surface area contributed by atoms with Crippen molar-refractivity contribution in [2.75, 3.05) is 6.61 Å². The van der Waals surface area contributed by atoms with Crippen molar-refractivity contribution in [1.29, 1.82) is 0 Å². The second kappa shape index (κ2) is 7.68. The van der Waals surface area contributed by atoms with Crippen LogP contribution in [0.4, 0.5) is 0 Å². The average Bonchev–Trinajstić information content (AvgIpc) is 2.60. The predicted molar refractivity (Wildman–Crippen MR) is 99.2 cm³/mol. The van der Waals surface area contributed by atoms with Gasteiger partial charge >= 0.3 is 0 Å². The molecule has 0 spiro atoms. The second-order valence-corrected chi connectivity index (χ2v) is 6.79. The first-order chi connectivity index (χ1) is 11.3. The van der Waals surface area contributed by atoms with Gasteiger partial charge < -0.3 is 4.74 Å². The maximum absolute atomic E-state index is 5.60. The van der Waals surface area contributed by atoms with Crippen molar-refractivity contribution in [3.63, 3.8) is 0 Å². The highest BCUT2D eigenvalue weighted by Crippen LogP contribution is 2.38. The van der Waals surface area contributed by atoms with Crippen LogP contribution in [0.25, 0.3) is 10.8 Å². The summed E-state index contributed by atoms with van der Waals surface area (Å²) >= 11 is 0. The Labute approximate surface area is 140 Å². The third kappa shape index (κ3) is 3.96. The Morgan fingerprint density at radius 3 is 2.52 bits per heavy atom. The monoisotopic (exact) mass is 308 g/mol. The zero-order valence-electron chi connectivity index (χ0n) is 14.3. The van der Waals surface area contributed by atoms with E-state index in [9.17, 15) is 0 Å². The fourth-order valence-corrected chi connectivity index (χ4v) is 3.89. The highest BCUT2D eigenvalue weighted by Gasteiger charge is 2.22. The Morgan fingerprint density at radius 1 is 1.04 bits per heavy atom. The van der Waals surface area contributed by atoms with Gasteiger partial charge in [-0.2, -0.15) is 0 Å². The van der Waals surface area contributed by atoms with E-state index >= 15 is 0 Å². The van der Waals surface area contributed by atoms with Gasteiger partial charge in [0.15, 0.2) is 0 Å². The molecule has 1 aliphatic rings. The summed E-state index contributed by atoms with van der Waals surface area (Å²) in [7, 11) is 0. The number of hydrogen-bond donors (Lipinski definition) is 0. The Hall–Kier alpha value is -1.76. The summed E-state index contributed by atoms with van der Waals surface area (Å²) in [5, 5.41) is 2.61. The van der Waals surface area contributed by atoms with Gasteiger partial charge in [0.1, 0.15) is 5.75 Å². The van der Waals surface area contributed by atoms with Crippen LogP contribution in [0.15, 0.2) is 49.1 Å². The number of allylic oxidation sites excluding steroid dienone is 1. The first-order valence-electron chi connectivity index (χ1n) is 9.07. The van der Waals surface area contributed by atoms with Gasteiger partial charge in [0.25, 0.3) is 0 Å². The van der Waals surface area contributed by atoms with Crippen molar-refractivity contribution >= 4 is 10.8 Å². The molecule has 2 aromatic rings. The summed E-state index contributed by atoms with van der Waals surface area (Å²) in [4.78, 5) is 0. The second-order valence-electron chi connectivity index (χ2n) is 6.79. The number of rotatable bonds is 6. The van der Waals surface area contributed by atoms with E-state index in [1.165, 1.54) is 54.9 Å². The molecular formula is C22H28O. The van der Waals surface area contributed by atoms with Crippen molar-refractivity contribution < 1.29 is 4.74 Å². The normalized spacial score (nSPS) is 21.3. The van der Waals surface area contributed by atoms with Crippen LogP contribution in [0.2, 0.25) is 0 Å². The van der Waals surface area contributed by atoms with E-state index in [2.05, 4.69) is 49.1 Å². The third-order valence-electron chi connectivity index (χ3n) is 5.24. The number of ether oxygens (including phenoxy) is 1. The van der Waals surface area contributed by atoms with E-state index in [4.69, 9.17) is 4.74 Å². The molecule has 1 heteroatoms. The van der Waals surface area contributed by atoms with Crippen LogP contribution < -0.4 is 4.74 Å². The van der Waals surface area contributed by atoms with Gasteiger partial charge in [0.2, 0.25) is 0 Å². The minimum Gasteiger partial charge on any atom is -0.494 e. The number of fused-ring (bicyclic) bond motifs is 1. The van der Waals surface area contributed by atoms with Crippen LogP contribution >= 0.6 is 0 Å². The molecule has 2 aromatic carbocycles. The number of benzene rings is 2. The molecule has 23 heavy (non-hydrogen) atoms. The fraction of sp³-hybridized carbons (Fsp3) is 0.455. The molecule has 0 unspecified atom stereocenters. The van der Waals surface area contributed by atoms with Gasteiger partial charge in [0.05, 0.1) is 6.61 Å². The Bertz CT molecular complexity index is 650. The summed E-state index contributed by atoms with van der Waals surface area (Å²) in [6, 6.07) is 13.4. The van der Waals surface area contributed by atoms with Crippen LogP contribution in [0.3, 0.4) is 0 Å². The summed E-state index contributed by atoms with van der Waals surface area (Å²) in [6.07, 6.45) is 9.99. The molecule has 0 radical (unpaired) electrons. The molecule has 0 aromatic heterocycles. The molecule has 0 bridgehead atoms. The van der Waals surface area contributed by atoms with Crippen molar-refractivity contribution in [1.82, 2.24) is 0 Å². The smallest absolute Gasteiger partial charge is 0.119 e. The SMILES string of the molecule is C=CCCC1CCC(c2ccc3cc(OCC)ccc3c2)CC1. The number of hydrogen-bond acceptors (Lipinski definition) is 1. The summed E-state index contributed by atoms with van der Waals surface area (Å²) in [5.41, 5.74) is 1.52. The molecule has 0 amide bonds. The average molecular weight is 308 g/mol. The van der Waals surface area contributed by atoms with Crippen LogP contribution in [-0.4, -0.2) is 6.61 Å². The van der Waals surface area contributed by atoms with Crippen molar-refractivity contribution in [2.24, 2.45) is 5.92 Å². The first-order valence-corrected chi connectivity index (χ1v) is 9.07. The Kier molecular flexibility index (Phi) is 5.38. The maximum atomic E-state index is 5.60. The molecule has 1 fully saturated rings. The Balaban J connectivity index is 1.69. The lowest BCUT2D eigenvalue weighted by molar-refractivity contribution is 0.312. The van der Waals surface area contributed by atoms with E-state index in [0.717, 1.165) is 24.2 Å². The van der Waals surface area contributed by atoms with Gasteiger partial charge in [0, 0.05) is 0 Å². The van der Waals surface area contributed by atoms with Crippen LogP contribution in [-0.2, 0) is 0 Å². The molecule has 1 aliphatic carbocycles. The first kappa shape index (κ1) is 16.1. The summed E-state index contributed by atoms with van der Waals surface area (Å²) in [5.74, 6) is 2.62. The molecule has 0 atom stereocenters. The van der Waals surface area contributed by atoms with Crippen molar-refractivity contribution in [3.05, 3.63) is 54.6 Å². The van der Waals surface area contributed by atoms with Gasteiger partial charge in [-0.1, -0.05) is 30.3 Å². The van der Waals surface area contributed by atoms with Crippen LogP contribution in [0, 0.1) is 5.92 Å². The highest BCUT2D eigenvalue weighted by atomic mass is 16.5. The zero-order chi connectivity index (χ0) is 16.1. The quantitative estimate of drug-likeness (QED) is 0.555. The lowest BCUT2D eigenvalue weighted by atomic mass is 9.77. The topological polar surface area (TPSA) is 9.23 Å². The summed E-state index contributed by atoms with van der Waals surface area (Å²) < 4.78 is 5.60. The molecule has 0 N–H and O–H groups in total. The van der Waals surface area contributed by atoms with Crippen molar-refractivity contribution in [2.45, 2.75) is 51.4 Å². The molecule has 3 rings (SSSR count). The molecule has 1 saturated carbocycles. The molecule has 0 aliphatic heterocycles.